The number of hydrogen-bond donors (Lipinski definition) is 0. The topological polar surface area (TPSA) is 17.8 Å². The highest BCUT2D eigenvalue weighted by Crippen LogP contribution is 2.10. The van der Waals surface area contributed by atoms with Crippen molar-refractivity contribution in [3.8, 4) is 0 Å². The molecule has 0 spiro atoms. The van der Waals surface area contributed by atoms with Gasteiger partial charge in [0.2, 0.25) is 0 Å². The van der Waals surface area contributed by atoms with E-state index in [9.17, 15) is 0 Å². The van der Waals surface area contributed by atoms with E-state index in [1.807, 2.05) is 41.7 Å². The Bertz CT molecular complexity index is 361. The Labute approximate surface area is 121 Å². The Balaban J connectivity index is 0. The molecular formula is C14H25ClN2S. The molecule has 0 fully saturated rings. The van der Waals surface area contributed by atoms with Crippen LogP contribution in [0.4, 0.5) is 0 Å². The lowest BCUT2D eigenvalue weighted by Gasteiger charge is -1.79. The van der Waals surface area contributed by atoms with Gasteiger partial charge in [-0.25, -0.2) is 0 Å². The monoisotopic (exact) mass is 288 g/mol. The fourth-order valence-corrected chi connectivity index (χ4v) is 1.75. The van der Waals surface area contributed by atoms with Gasteiger partial charge in [-0.05, 0) is 36.2 Å². The maximum Gasteiger partial charge on any atom is 0.0814 e. The predicted octanol–water partition coefficient (Wildman–Crippen LogP) is 5.49. The Hall–Kier alpha value is -0.800. The van der Waals surface area contributed by atoms with Crippen molar-refractivity contribution >= 4 is 22.9 Å². The summed E-state index contributed by atoms with van der Waals surface area (Å²) >= 11 is 7.39. The van der Waals surface area contributed by atoms with E-state index in [4.69, 9.17) is 11.6 Å². The lowest BCUT2D eigenvalue weighted by molar-refractivity contribution is 0.756. The molecule has 2 rings (SSSR count). The molecule has 0 amide bonds. The van der Waals surface area contributed by atoms with Gasteiger partial charge in [0.1, 0.15) is 0 Å². The molecule has 0 unspecified atom stereocenters. The molecule has 0 saturated heterocycles. The molecule has 2 aromatic rings. The van der Waals surface area contributed by atoms with Crippen LogP contribution >= 0.6 is 22.9 Å². The standard InChI is InChI=1S/C5H7ClN2.C5H6S.2C2H6/c1-4-5(6)3-8(2)7-4;1-5-2-3-6-4-5;2*1-2/h3H,1-2H3;2-4H,1H3;2*1-2H3. The summed E-state index contributed by atoms with van der Waals surface area (Å²) in [5, 5.41) is 8.93. The van der Waals surface area contributed by atoms with E-state index in [2.05, 4.69) is 28.8 Å². The first-order valence-corrected chi connectivity index (χ1v) is 7.56. The first kappa shape index (κ1) is 19.5. The third kappa shape index (κ3) is 9.25. The Kier molecular flexibility index (Phi) is 13.7. The maximum absolute atomic E-state index is 5.65. The number of rotatable bonds is 0. The second-order valence-corrected chi connectivity index (χ2v) is 4.22. The molecule has 4 heteroatoms. The van der Waals surface area contributed by atoms with E-state index >= 15 is 0 Å². The Morgan fingerprint density at radius 1 is 1.17 bits per heavy atom. The average Bonchev–Trinajstić information content (AvgIpc) is 2.95. The van der Waals surface area contributed by atoms with Gasteiger partial charge < -0.3 is 0 Å². The molecule has 2 aromatic heterocycles. The summed E-state index contributed by atoms with van der Waals surface area (Å²) in [7, 11) is 1.85. The van der Waals surface area contributed by atoms with E-state index in [1.54, 1.807) is 22.2 Å². The van der Waals surface area contributed by atoms with Crippen molar-refractivity contribution in [3.63, 3.8) is 0 Å². The van der Waals surface area contributed by atoms with E-state index in [0.29, 0.717) is 0 Å². The smallest absolute Gasteiger partial charge is 0.0814 e. The van der Waals surface area contributed by atoms with Gasteiger partial charge in [-0.2, -0.15) is 16.4 Å². The highest BCUT2D eigenvalue weighted by Gasteiger charge is 1.95. The average molecular weight is 289 g/mol. The van der Waals surface area contributed by atoms with Crippen LogP contribution in [0.15, 0.2) is 23.0 Å². The van der Waals surface area contributed by atoms with Crippen molar-refractivity contribution in [2.24, 2.45) is 7.05 Å². The molecule has 0 aliphatic carbocycles. The van der Waals surface area contributed by atoms with Crippen molar-refractivity contribution < 1.29 is 0 Å². The lowest BCUT2D eigenvalue weighted by Crippen LogP contribution is -1.86. The van der Waals surface area contributed by atoms with Gasteiger partial charge in [0.25, 0.3) is 0 Å². The van der Waals surface area contributed by atoms with Gasteiger partial charge in [0, 0.05) is 13.2 Å². The van der Waals surface area contributed by atoms with Crippen LogP contribution < -0.4 is 0 Å². The van der Waals surface area contributed by atoms with Crippen LogP contribution in [-0.2, 0) is 7.05 Å². The molecule has 0 aromatic carbocycles. The second kappa shape index (κ2) is 12.7. The Morgan fingerprint density at radius 2 is 1.72 bits per heavy atom. The summed E-state index contributed by atoms with van der Waals surface area (Å²) in [6.07, 6.45) is 1.77. The third-order valence-corrected chi connectivity index (χ3v) is 2.79. The summed E-state index contributed by atoms with van der Waals surface area (Å²) < 4.78 is 1.69. The first-order valence-electron chi connectivity index (χ1n) is 6.24. The molecule has 0 N–H and O–H groups in total. The van der Waals surface area contributed by atoms with Gasteiger partial charge in [-0.1, -0.05) is 39.3 Å². The number of thiophene rings is 1. The van der Waals surface area contributed by atoms with Crippen LogP contribution in [0.1, 0.15) is 39.0 Å². The molecule has 0 aliphatic heterocycles. The van der Waals surface area contributed by atoms with Gasteiger partial charge in [0.15, 0.2) is 0 Å². The zero-order chi connectivity index (χ0) is 14.6. The normalized spacial score (nSPS) is 8.00. The van der Waals surface area contributed by atoms with Crippen molar-refractivity contribution in [2.45, 2.75) is 41.5 Å². The van der Waals surface area contributed by atoms with Crippen molar-refractivity contribution in [1.82, 2.24) is 9.78 Å². The van der Waals surface area contributed by atoms with Crippen LogP contribution in [-0.4, -0.2) is 9.78 Å². The quantitative estimate of drug-likeness (QED) is 0.627. The van der Waals surface area contributed by atoms with Gasteiger partial charge in [-0.15, -0.1) is 0 Å². The molecule has 104 valence electrons. The number of halogens is 1. The SMILES string of the molecule is CC.CC.Cc1ccsc1.Cc1nn(C)cc1Cl. The third-order valence-electron chi connectivity index (χ3n) is 1.62. The van der Waals surface area contributed by atoms with Gasteiger partial charge in [0.05, 0.1) is 10.7 Å². The predicted molar refractivity (Wildman–Crippen MR) is 84.7 cm³/mol. The van der Waals surface area contributed by atoms with E-state index in [1.165, 1.54) is 5.56 Å². The van der Waals surface area contributed by atoms with Crippen LogP contribution in [0.25, 0.3) is 0 Å². The van der Waals surface area contributed by atoms with Crippen LogP contribution in [0, 0.1) is 13.8 Å². The first-order chi connectivity index (χ1) is 8.59. The molecule has 0 aliphatic rings. The zero-order valence-electron chi connectivity index (χ0n) is 12.5. The lowest BCUT2D eigenvalue weighted by atomic mass is 10.4. The molecule has 18 heavy (non-hydrogen) atoms. The summed E-state index contributed by atoms with van der Waals surface area (Å²) in [6.45, 7) is 12.0. The van der Waals surface area contributed by atoms with E-state index in [0.717, 1.165) is 10.7 Å². The van der Waals surface area contributed by atoms with Crippen LogP contribution in [0.3, 0.4) is 0 Å². The van der Waals surface area contributed by atoms with E-state index < -0.39 is 0 Å². The zero-order valence-corrected chi connectivity index (χ0v) is 14.1. The van der Waals surface area contributed by atoms with Gasteiger partial charge in [-0.3, -0.25) is 4.68 Å². The van der Waals surface area contributed by atoms with Crippen molar-refractivity contribution in [1.29, 1.82) is 0 Å². The molecular weight excluding hydrogens is 264 g/mol. The summed E-state index contributed by atoms with van der Waals surface area (Å²) in [6, 6.07) is 2.10. The van der Waals surface area contributed by atoms with Crippen LogP contribution in [0.5, 0.6) is 0 Å². The fraction of sp³-hybridized carbons (Fsp3) is 0.500. The Morgan fingerprint density at radius 3 is 1.83 bits per heavy atom. The molecule has 2 nitrogen and oxygen atoms in total. The second-order valence-electron chi connectivity index (χ2n) is 3.04. The van der Waals surface area contributed by atoms with E-state index in [-0.39, 0.29) is 0 Å². The van der Waals surface area contributed by atoms with Crippen LogP contribution in [0.2, 0.25) is 5.02 Å². The maximum atomic E-state index is 5.65. The molecule has 0 atom stereocenters. The molecule has 0 bridgehead atoms. The minimum Gasteiger partial charge on any atom is -0.274 e. The number of hydrogen-bond acceptors (Lipinski definition) is 2. The molecule has 2 heterocycles. The number of nitrogens with zero attached hydrogens (tertiary/aromatic N) is 2. The minimum absolute atomic E-state index is 0.729. The highest BCUT2D eigenvalue weighted by atomic mass is 35.5. The largest absolute Gasteiger partial charge is 0.274 e. The number of aryl methyl sites for hydroxylation is 3. The summed E-state index contributed by atoms with van der Waals surface area (Å²) in [5.41, 5.74) is 2.24. The highest BCUT2D eigenvalue weighted by molar-refractivity contribution is 7.07. The van der Waals surface area contributed by atoms with Crippen molar-refractivity contribution in [2.75, 3.05) is 0 Å². The summed E-state index contributed by atoms with van der Waals surface area (Å²) in [5.74, 6) is 0. The van der Waals surface area contributed by atoms with Gasteiger partial charge >= 0.3 is 0 Å². The van der Waals surface area contributed by atoms with Crippen molar-refractivity contribution in [3.05, 3.63) is 39.3 Å². The molecule has 0 saturated carbocycles. The minimum atomic E-state index is 0.729. The summed E-state index contributed by atoms with van der Waals surface area (Å²) in [4.78, 5) is 0. The molecule has 0 radical (unpaired) electrons. The number of aromatic nitrogens is 2. The fourth-order valence-electron chi connectivity index (χ4n) is 0.903.